The number of aromatic nitrogens is 3. The molecule has 0 radical (unpaired) electrons. The molecular formula is C9H11F3N4O2. The third-order valence-corrected chi connectivity index (χ3v) is 2.62. The first-order chi connectivity index (χ1) is 8.32. The Labute approximate surface area is 100 Å². The Kier molecular flexibility index (Phi) is 2.91. The van der Waals surface area contributed by atoms with Gasteiger partial charge in [0.25, 0.3) is 5.82 Å². The molecule has 2 atom stereocenters. The lowest BCUT2D eigenvalue weighted by Gasteiger charge is -2.30. The van der Waals surface area contributed by atoms with Crippen LogP contribution in [0.2, 0.25) is 0 Å². The number of nitrogens with zero attached hydrogens (tertiary/aromatic N) is 3. The molecule has 6 nitrogen and oxygen atoms in total. The number of hydrogen-bond donors (Lipinski definition) is 1. The molecule has 2 rings (SSSR count). The minimum absolute atomic E-state index is 0.0727. The van der Waals surface area contributed by atoms with E-state index >= 15 is 0 Å². The van der Waals surface area contributed by atoms with Gasteiger partial charge in [-0.05, 0) is 13.3 Å². The van der Waals surface area contributed by atoms with E-state index in [9.17, 15) is 18.0 Å². The molecule has 1 aromatic heterocycles. The maximum atomic E-state index is 12.9. The van der Waals surface area contributed by atoms with Crippen molar-refractivity contribution in [3.05, 3.63) is 5.82 Å². The molecule has 18 heavy (non-hydrogen) atoms. The van der Waals surface area contributed by atoms with E-state index in [0.717, 1.165) is 7.11 Å². The van der Waals surface area contributed by atoms with Crippen molar-refractivity contribution >= 4 is 11.9 Å². The summed E-state index contributed by atoms with van der Waals surface area (Å²) in [6.45, 7) is 1.61. The van der Waals surface area contributed by atoms with E-state index in [-0.39, 0.29) is 18.2 Å². The molecule has 0 fully saturated rings. The van der Waals surface area contributed by atoms with Crippen molar-refractivity contribution in [3.63, 3.8) is 0 Å². The quantitative estimate of drug-likeness (QED) is 0.776. The minimum Gasteiger partial charge on any atom is -0.463 e. The van der Waals surface area contributed by atoms with Gasteiger partial charge in [0.15, 0.2) is 6.04 Å². The zero-order valence-corrected chi connectivity index (χ0v) is 9.65. The van der Waals surface area contributed by atoms with Crippen molar-refractivity contribution < 1.29 is 22.7 Å². The predicted octanol–water partition coefficient (Wildman–Crippen LogP) is 1.37. The van der Waals surface area contributed by atoms with Crippen LogP contribution in [-0.4, -0.2) is 40.1 Å². The molecular weight excluding hydrogens is 253 g/mol. The third kappa shape index (κ3) is 2.12. The average Bonchev–Trinajstić information content (AvgIpc) is 2.68. The Balaban J connectivity index is 2.42. The summed E-state index contributed by atoms with van der Waals surface area (Å²) < 4.78 is 43.6. The highest BCUT2D eigenvalue weighted by atomic mass is 19.4. The van der Waals surface area contributed by atoms with E-state index in [2.05, 4.69) is 20.1 Å². The van der Waals surface area contributed by atoms with Crippen LogP contribution in [0, 0.1) is 0 Å². The second kappa shape index (κ2) is 4.14. The topological polar surface area (TPSA) is 69.0 Å². The lowest BCUT2D eigenvalue weighted by molar-refractivity contribution is -0.173. The number of nitrogens with one attached hydrogen (secondary N) is 1. The molecule has 0 saturated carbocycles. The molecule has 0 saturated heterocycles. The highest BCUT2D eigenvalue weighted by Gasteiger charge is 2.46. The number of anilines is 1. The van der Waals surface area contributed by atoms with E-state index in [1.165, 1.54) is 0 Å². The van der Waals surface area contributed by atoms with Gasteiger partial charge < -0.3 is 10.1 Å². The van der Waals surface area contributed by atoms with Crippen LogP contribution in [0.1, 0.15) is 30.0 Å². The second-order valence-corrected chi connectivity index (χ2v) is 4.03. The summed E-state index contributed by atoms with van der Waals surface area (Å²) in [4.78, 5) is 14.9. The Morgan fingerprint density at radius 1 is 1.56 bits per heavy atom. The van der Waals surface area contributed by atoms with Gasteiger partial charge in [-0.25, -0.2) is 9.48 Å². The normalized spacial score (nSPS) is 23.2. The van der Waals surface area contributed by atoms with Crippen molar-refractivity contribution in [2.45, 2.75) is 31.6 Å². The summed E-state index contributed by atoms with van der Waals surface area (Å²) in [5, 5.41) is 6.30. The van der Waals surface area contributed by atoms with Gasteiger partial charge in [-0.15, -0.1) is 5.10 Å². The lowest BCUT2D eigenvalue weighted by Crippen LogP contribution is -2.38. The molecule has 1 aliphatic rings. The minimum atomic E-state index is -4.44. The first kappa shape index (κ1) is 12.7. The van der Waals surface area contributed by atoms with Crippen LogP contribution in [0.3, 0.4) is 0 Å². The summed E-state index contributed by atoms with van der Waals surface area (Å²) >= 11 is 0. The Bertz CT molecular complexity index is 471. The summed E-state index contributed by atoms with van der Waals surface area (Å²) in [6, 6.07) is -2.19. The third-order valence-electron chi connectivity index (χ3n) is 2.62. The van der Waals surface area contributed by atoms with Gasteiger partial charge in [0.2, 0.25) is 5.95 Å². The summed E-state index contributed by atoms with van der Waals surface area (Å²) in [7, 11) is 1.11. The summed E-state index contributed by atoms with van der Waals surface area (Å²) in [5.74, 6) is -1.33. The van der Waals surface area contributed by atoms with Crippen molar-refractivity contribution in [3.8, 4) is 0 Å². The number of esters is 1. The van der Waals surface area contributed by atoms with Gasteiger partial charge in [-0.2, -0.15) is 18.2 Å². The number of hydrogen-bond acceptors (Lipinski definition) is 5. The first-order valence-corrected chi connectivity index (χ1v) is 5.21. The summed E-state index contributed by atoms with van der Waals surface area (Å²) in [6.07, 6.45) is -4.60. The fourth-order valence-corrected chi connectivity index (χ4v) is 1.80. The maximum Gasteiger partial charge on any atom is 0.411 e. The van der Waals surface area contributed by atoms with E-state index < -0.39 is 24.2 Å². The first-order valence-electron chi connectivity index (χ1n) is 5.21. The molecule has 2 heterocycles. The molecule has 0 aromatic carbocycles. The van der Waals surface area contributed by atoms with Gasteiger partial charge in [0.05, 0.1) is 7.11 Å². The van der Waals surface area contributed by atoms with Crippen LogP contribution in [0.15, 0.2) is 0 Å². The monoisotopic (exact) mass is 264 g/mol. The zero-order valence-electron chi connectivity index (χ0n) is 9.65. The van der Waals surface area contributed by atoms with E-state index in [1.54, 1.807) is 6.92 Å². The molecule has 1 aliphatic heterocycles. The number of methoxy groups -OCH3 is 1. The number of carbonyl (C=O) groups excluding carboxylic acids is 1. The van der Waals surface area contributed by atoms with Crippen LogP contribution < -0.4 is 5.32 Å². The molecule has 0 amide bonds. The van der Waals surface area contributed by atoms with Crippen molar-refractivity contribution in [2.24, 2.45) is 0 Å². The standard InChI is InChI=1S/C9H11F3N4O2/c1-4-3-5(9(10,11)12)16-8(13-4)14-6(15-16)7(17)18-2/h4-5H,3H2,1-2H3,(H,13,14,15). The zero-order chi connectivity index (χ0) is 13.5. The van der Waals surface area contributed by atoms with Gasteiger partial charge in [0, 0.05) is 6.04 Å². The fraction of sp³-hybridized carbons (Fsp3) is 0.667. The van der Waals surface area contributed by atoms with E-state index in [4.69, 9.17) is 0 Å². The van der Waals surface area contributed by atoms with Crippen molar-refractivity contribution in [1.82, 2.24) is 14.8 Å². The maximum absolute atomic E-state index is 12.9. The average molecular weight is 264 g/mol. The number of alkyl halides is 3. The van der Waals surface area contributed by atoms with Crippen LogP contribution >= 0.6 is 0 Å². The molecule has 2 unspecified atom stereocenters. The molecule has 100 valence electrons. The van der Waals surface area contributed by atoms with E-state index in [0.29, 0.717) is 4.68 Å². The number of rotatable bonds is 1. The smallest absolute Gasteiger partial charge is 0.411 e. The van der Waals surface area contributed by atoms with Crippen LogP contribution in [0.4, 0.5) is 19.1 Å². The fourth-order valence-electron chi connectivity index (χ4n) is 1.80. The van der Waals surface area contributed by atoms with Crippen molar-refractivity contribution in [2.75, 3.05) is 12.4 Å². The highest BCUT2D eigenvalue weighted by molar-refractivity contribution is 5.85. The molecule has 1 N–H and O–H groups in total. The SMILES string of the molecule is COC(=O)c1nc2n(n1)C(C(F)(F)F)CC(C)N2. The number of fused-ring (bicyclic) bond motifs is 1. The van der Waals surface area contributed by atoms with E-state index in [1.807, 2.05) is 0 Å². The molecule has 0 spiro atoms. The van der Waals surface area contributed by atoms with Gasteiger partial charge in [-0.3, -0.25) is 0 Å². The number of halogens is 3. The predicted molar refractivity (Wildman–Crippen MR) is 54.2 cm³/mol. The van der Waals surface area contributed by atoms with Gasteiger partial charge in [-0.1, -0.05) is 0 Å². The van der Waals surface area contributed by atoms with Crippen LogP contribution in [-0.2, 0) is 4.74 Å². The Morgan fingerprint density at radius 2 is 2.22 bits per heavy atom. The van der Waals surface area contributed by atoms with Crippen molar-refractivity contribution in [1.29, 1.82) is 0 Å². The number of carbonyl (C=O) groups is 1. The second-order valence-electron chi connectivity index (χ2n) is 4.03. The number of ether oxygens (including phenoxy) is 1. The lowest BCUT2D eigenvalue weighted by atomic mass is 10.1. The molecule has 1 aromatic rings. The molecule has 0 aliphatic carbocycles. The van der Waals surface area contributed by atoms with Crippen LogP contribution in [0.25, 0.3) is 0 Å². The van der Waals surface area contributed by atoms with Crippen LogP contribution in [0.5, 0.6) is 0 Å². The Hall–Kier alpha value is -1.80. The summed E-state index contributed by atoms with van der Waals surface area (Å²) in [5.41, 5.74) is 0. The van der Waals surface area contributed by atoms with Gasteiger partial charge >= 0.3 is 12.1 Å². The highest BCUT2D eigenvalue weighted by Crippen LogP contribution is 2.38. The largest absolute Gasteiger partial charge is 0.463 e. The Morgan fingerprint density at radius 3 is 2.78 bits per heavy atom. The molecule has 9 heteroatoms. The molecule has 0 bridgehead atoms. The van der Waals surface area contributed by atoms with Gasteiger partial charge in [0.1, 0.15) is 0 Å².